The Bertz CT molecular complexity index is 612. The third-order valence-electron chi connectivity index (χ3n) is 2.41. The van der Waals surface area contributed by atoms with E-state index in [1.165, 1.54) is 11.3 Å². The van der Waals surface area contributed by atoms with Crippen molar-refractivity contribution in [3.05, 3.63) is 40.9 Å². The number of hydrogen-bond acceptors (Lipinski definition) is 6. The quantitative estimate of drug-likeness (QED) is 0.653. The summed E-state index contributed by atoms with van der Waals surface area (Å²) in [6.07, 6.45) is 2.67. The zero-order chi connectivity index (χ0) is 14.4. The van der Waals surface area contributed by atoms with Crippen molar-refractivity contribution in [2.75, 3.05) is 7.11 Å². The smallest absolute Gasteiger partial charge is 0.328 e. The van der Waals surface area contributed by atoms with E-state index >= 15 is 0 Å². The molecule has 0 saturated heterocycles. The molecule has 7 heteroatoms. The summed E-state index contributed by atoms with van der Waals surface area (Å²) < 4.78 is 6.20. The lowest BCUT2D eigenvalue weighted by atomic mass is 10.1. The maximum Gasteiger partial charge on any atom is 0.328 e. The minimum atomic E-state index is -0.967. The van der Waals surface area contributed by atoms with Gasteiger partial charge in [-0.15, -0.1) is 10.2 Å². The highest BCUT2D eigenvalue weighted by atomic mass is 32.2. The summed E-state index contributed by atoms with van der Waals surface area (Å²) in [6.45, 7) is 0. The van der Waals surface area contributed by atoms with Crippen molar-refractivity contribution in [2.24, 2.45) is 0 Å². The van der Waals surface area contributed by atoms with Crippen molar-refractivity contribution in [3.63, 3.8) is 0 Å². The number of carbonyl (C=O) groups is 1. The van der Waals surface area contributed by atoms with Crippen molar-refractivity contribution in [2.45, 2.75) is 10.1 Å². The van der Waals surface area contributed by atoms with Crippen LogP contribution >= 0.6 is 23.1 Å². The zero-order valence-electron chi connectivity index (χ0n) is 10.6. The van der Waals surface area contributed by atoms with Crippen LogP contribution in [0.4, 0.5) is 0 Å². The predicted octanol–water partition coefficient (Wildman–Crippen LogP) is 2.94. The fourth-order valence-corrected chi connectivity index (χ4v) is 3.01. The Hall–Kier alpha value is -1.86. The van der Waals surface area contributed by atoms with E-state index in [4.69, 9.17) is 9.84 Å². The molecule has 1 heterocycles. The van der Waals surface area contributed by atoms with Gasteiger partial charge in [-0.25, -0.2) is 4.79 Å². The molecule has 104 valence electrons. The highest BCUT2D eigenvalue weighted by Gasteiger charge is 2.06. The van der Waals surface area contributed by atoms with Gasteiger partial charge in [0.05, 0.1) is 7.11 Å². The number of benzene rings is 1. The summed E-state index contributed by atoms with van der Waals surface area (Å²) in [5, 5.41) is 16.4. The van der Waals surface area contributed by atoms with Gasteiger partial charge in [0.1, 0.15) is 11.3 Å². The number of nitrogens with zero attached hydrogens (tertiary/aromatic N) is 2. The highest BCUT2D eigenvalue weighted by molar-refractivity contribution is 8.00. The first-order valence-electron chi connectivity index (χ1n) is 5.66. The van der Waals surface area contributed by atoms with E-state index in [0.717, 1.165) is 27.3 Å². The van der Waals surface area contributed by atoms with Crippen LogP contribution in [0.1, 0.15) is 11.1 Å². The molecule has 0 atom stereocenters. The lowest BCUT2D eigenvalue weighted by molar-refractivity contribution is -0.131. The molecule has 0 aliphatic carbocycles. The Balaban J connectivity index is 2.15. The number of thioether (sulfide) groups is 1. The molecule has 1 aromatic heterocycles. The average Bonchev–Trinajstić information content (AvgIpc) is 2.96. The van der Waals surface area contributed by atoms with Gasteiger partial charge >= 0.3 is 5.97 Å². The fraction of sp³-hybridized carbons (Fsp3) is 0.154. The minimum Gasteiger partial charge on any atom is -0.496 e. The van der Waals surface area contributed by atoms with Crippen molar-refractivity contribution in [1.29, 1.82) is 0 Å². The average molecular weight is 308 g/mol. The van der Waals surface area contributed by atoms with Crippen LogP contribution in [0.5, 0.6) is 5.75 Å². The maximum atomic E-state index is 10.5. The molecule has 20 heavy (non-hydrogen) atoms. The van der Waals surface area contributed by atoms with Gasteiger partial charge in [-0.3, -0.25) is 0 Å². The van der Waals surface area contributed by atoms with Crippen LogP contribution in [0.2, 0.25) is 0 Å². The molecule has 1 aromatic carbocycles. The number of carboxylic acids is 1. The first-order valence-corrected chi connectivity index (χ1v) is 7.52. The zero-order valence-corrected chi connectivity index (χ0v) is 12.3. The lowest BCUT2D eigenvalue weighted by Crippen LogP contribution is -1.92. The summed E-state index contributed by atoms with van der Waals surface area (Å²) in [5.41, 5.74) is 3.49. The van der Waals surface area contributed by atoms with E-state index in [1.54, 1.807) is 30.5 Å². The Labute approximate surface area is 124 Å². The van der Waals surface area contributed by atoms with Crippen molar-refractivity contribution in [3.8, 4) is 5.75 Å². The molecule has 2 rings (SSSR count). The van der Waals surface area contributed by atoms with Crippen LogP contribution in [-0.2, 0) is 10.5 Å². The fourth-order valence-electron chi connectivity index (χ4n) is 1.55. The second-order valence-corrected chi connectivity index (χ2v) is 5.79. The third kappa shape index (κ3) is 4.07. The van der Waals surface area contributed by atoms with Crippen LogP contribution < -0.4 is 4.74 Å². The largest absolute Gasteiger partial charge is 0.496 e. The highest BCUT2D eigenvalue weighted by Crippen LogP contribution is 2.29. The molecular weight excluding hydrogens is 296 g/mol. The lowest BCUT2D eigenvalue weighted by Gasteiger charge is -2.08. The van der Waals surface area contributed by atoms with E-state index < -0.39 is 5.97 Å². The van der Waals surface area contributed by atoms with Gasteiger partial charge in [-0.1, -0.05) is 29.2 Å². The molecule has 5 nitrogen and oxygen atoms in total. The Morgan fingerprint density at radius 2 is 2.40 bits per heavy atom. The van der Waals surface area contributed by atoms with Gasteiger partial charge in [0.2, 0.25) is 0 Å². The van der Waals surface area contributed by atoms with Crippen LogP contribution in [0.25, 0.3) is 6.08 Å². The van der Waals surface area contributed by atoms with Gasteiger partial charge in [-0.2, -0.15) is 0 Å². The molecule has 0 saturated carbocycles. The van der Waals surface area contributed by atoms with E-state index in [9.17, 15) is 4.79 Å². The molecule has 0 unspecified atom stereocenters. The van der Waals surface area contributed by atoms with Crippen LogP contribution in [0.15, 0.2) is 34.1 Å². The Morgan fingerprint density at radius 3 is 3.05 bits per heavy atom. The number of carboxylic acid groups (broad SMARTS) is 1. The molecule has 0 aliphatic heterocycles. The number of aliphatic carboxylic acids is 1. The molecule has 0 radical (unpaired) electrons. The molecule has 0 fully saturated rings. The molecule has 0 bridgehead atoms. The molecule has 0 amide bonds. The molecular formula is C13H12N2O3S2. The van der Waals surface area contributed by atoms with Crippen LogP contribution in [0, 0.1) is 0 Å². The monoisotopic (exact) mass is 308 g/mol. The maximum absolute atomic E-state index is 10.5. The first-order chi connectivity index (χ1) is 9.69. The second kappa shape index (κ2) is 7.06. The van der Waals surface area contributed by atoms with Gasteiger partial charge in [-0.05, 0) is 23.8 Å². The topological polar surface area (TPSA) is 72.3 Å². The van der Waals surface area contributed by atoms with Gasteiger partial charge < -0.3 is 9.84 Å². The Kier molecular flexibility index (Phi) is 5.14. The Morgan fingerprint density at radius 1 is 1.55 bits per heavy atom. The summed E-state index contributed by atoms with van der Waals surface area (Å²) in [6, 6.07) is 5.56. The molecule has 0 aliphatic rings. The van der Waals surface area contributed by atoms with Crippen LogP contribution in [0.3, 0.4) is 0 Å². The number of methoxy groups -OCH3 is 1. The molecule has 1 N–H and O–H groups in total. The van der Waals surface area contributed by atoms with Crippen molar-refractivity contribution in [1.82, 2.24) is 10.2 Å². The number of ether oxygens (including phenoxy) is 1. The predicted molar refractivity (Wildman–Crippen MR) is 79.1 cm³/mol. The number of aromatic nitrogens is 2. The minimum absolute atomic E-state index is 0.688. The molecule has 0 spiro atoms. The van der Waals surface area contributed by atoms with E-state index in [0.29, 0.717) is 5.75 Å². The SMILES string of the molecule is COc1ccc(C=CC(=O)O)cc1CSc1nncs1. The van der Waals surface area contributed by atoms with Crippen molar-refractivity contribution >= 4 is 35.1 Å². The van der Waals surface area contributed by atoms with Gasteiger partial charge in [0.25, 0.3) is 0 Å². The molecule has 2 aromatic rings. The standard InChI is InChI=1S/C13H12N2O3S2/c1-18-11-4-2-9(3-5-12(16)17)6-10(11)7-19-13-15-14-8-20-13/h2-6,8H,7H2,1H3,(H,16,17). The summed E-state index contributed by atoms with van der Waals surface area (Å²) in [7, 11) is 1.61. The summed E-state index contributed by atoms with van der Waals surface area (Å²) in [5.74, 6) is 0.493. The summed E-state index contributed by atoms with van der Waals surface area (Å²) >= 11 is 3.05. The summed E-state index contributed by atoms with van der Waals surface area (Å²) in [4.78, 5) is 10.5. The van der Waals surface area contributed by atoms with Gasteiger partial charge in [0, 0.05) is 17.4 Å². The number of rotatable bonds is 6. The van der Waals surface area contributed by atoms with Crippen LogP contribution in [-0.4, -0.2) is 28.4 Å². The third-order valence-corrected chi connectivity index (χ3v) is 4.32. The number of hydrogen-bond donors (Lipinski definition) is 1. The van der Waals surface area contributed by atoms with E-state index in [-0.39, 0.29) is 0 Å². The second-order valence-electron chi connectivity index (χ2n) is 3.74. The van der Waals surface area contributed by atoms with E-state index in [1.807, 2.05) is 18.2 Å². The van der Waals surface area contributed by atoms with Gasteiger partial charge in [0.15, 0.2) is 4.34 Å². The first kappa shape index (κ1) is 14.5. The van der Waals surface area contributed by atoms with Crippen molar-refractivity contribution < 1.29 is 14.6 Å². The van der Waals surface area contributed by atoms with E-state index in [2.05, 4.69) is 10.2 Å². The normalized spacial score (nSPS) is 10.8.